The molecule has 3 nitrogen and oxygen atoms in total. The van der Waals surface area contributed by atoms with Crippen molar-refractivity contribution in [1.29, 1.82) is 0 Å². The molecule has 0 radical (unpaired) electrons. The monoisotopic (exact) mass is 247 g/mol. The molecule has 0 aliphatic carbocycles. The maximum absolute atomic E-state index is 3.54. The summed E-state index contributed by atoms with van der Waals surface area (Å²) in [4.78, 5) is 4.67. The molecule has 2 rings (SSSR count). The van der Waals surface area contributed by atoms with Gasteiger partial charge in [-0.2, -0.15) is 0 Å². The molecule has 1 aliphatic rings. The fourth-order valence-electron chi connectivity index (χ4n) is 2.22. The summed E-state index contributed by atoms with van der Waals surface area (Å²) in [6.07, 6.45) is 0. The van der Waals surface area contributed by atoms with Gasteiger partial charge in [0.05, 0.1) is 11.4 Å². The fraction of sp³-hybridized carbons (Fsp3) is 0.600. The average Bonchev–Trinajstić information content (AvgIpc) is 2.30. The largest absolute Gasteiger partial charge is 0.371 e. The molecule has 1 heterocycles. The van der Waals surface area contributed by atoms with Crippen LogP contribution in [0.25, 0.3) is 0 Å². The van der Waals surface area contributed by atoms with E-state index in [0.717, 1.165) is 19.6 Å². The van der Waals surface area contributed by atoms with Crippen LogP contribution in [-0.4, -0.2) is 32.7 Å². The highest BCUT2D eigenvalue weighted by Crippen LogP contribution is 2.32. The number of hydrogen-bond acceptors (Lipinski definition) is 3. The number of likely N-dealkylation sites (N-methyl/N-ethyl adjacent to an activating group) is 2. The Labute approximate surface area is 111 Å². The molecule has 1 aromatic rings. The highest BCUT2D eigenvalue weighted by atomic mass is 15.2. The van der Waals surface area contributed by atoms with Crippen LogP contribution in [0.1, 0.15) is 26.3 Å². The molecule has 0 unspecified atom stereocenters. The molecule has 1 N–H and O–H groups in total. The Hall–Kier alpha value is -1.22. The lowest BCUT2D eigenvalue weighted by Gasteiger charge is -2.35. The molecule has 0 spiro atoms. The normalized spacial score (nSPS) is 15.8. The van der Waals surface area contributed by atoms with E-state index in [1.807, 2.05) is 0 Å². The highest BCUT2D eigenvalue weighted by Gasteiger charge is 2.18. The minimum atomic E-state index is 0.165. The molecular formula is C15H25N3. The van der Waals surface area contributed by atoms with Crippen LogP contribution in [0, 0.1) is 0 Å². The molecule has 0 saturated carbocycles. The van der Waals surface area contributed by atoms with Crippen LogP contribution in [0.4, 0.5) is 11.4 Å². The van der Waals surface area contributed by atoms with Crippen LogP contribution in [0.2, 0.25) is 0 Å². The van der Waals surface area contributed by atoms with Crippen molar-refractivity contribution < 1.29 is 0 Å². The standard InChI is InChI=1S/C15H25N3/c1-15(2,3)16-11-12-6-7-13-14(10-12)18(5)9-8-17(13)4/h6-7,10,16H,8-9,11H2,1-5H3. The first-order chi connectivity index (χ1) is 8.37. The van der Waals surface area contributed by atoms with Gasteiger partial charge in [0.1, 0.15) is 0 Å². The zero-order valence-corrected chi connectivity index (χ0v) is 12.2. The minimum Gasteiger partial charge on any atom is -0.371 e. The number of nitrogens with one attached hydrogen (secondary N) is 1. The van der Waals surface area contributed by atoms with Crippen molar-refractivity contribution in [3.63, 3.8) is 0 Å². The minimum absolute atomic E-state index is 0.165. The number of anilines is 2. The zero-order chi connectivity index (χ0) is 13.3. The third-order valence-electron chi connectivity index (χ3n) is 3.46. The van der Waals surface area contributed by atoms with Crippen LogP contribution in [0.3, 0.4) is 0 Å². The summed E-state index contributed by atoms with van der Waals surface area (Å²) in [6, 6.07) is 6.78. The maximum Gasteiger partial charge on any atom is 0.0605 e. The van der Waals surface area contributed by atoms with E-state index in [1.54, 1.807) is 0 Å². The molecule has 0 aromatic heterocycles. The summed E-state index contributed by atoms with van der Waals surface area (Å²) < 4.78 is 0. The summed E-state index contributed by atoms with van der Waals surface area (Å²) in [7, 11) is 4.34. The van der Waals surface area contributed by atoms with E-state index in [9.17, 15) is 0 Å². The van der Waals surface area contributed by atoms with Crippen LogP contribution in [0.5, 0.6) is 0 Å². The Kier molecular flexibility index (Phi) is 3.53. The average molecular weight is 247 g/mol. The Bertz CT molecular complexity index is 420. The van der Waals surface area contributed by atoms with Crippen molar-refractivity contribution in [2.24, 2.45) is 0 Å². The lowest BCUT2D eigenvalue weighted by Crippen LogP contribution is -2.37. The van der Waals surface area contributed by atoms with Crippen molar-refractivity contribution in [3.8, 4) is 0 Å². The van der Waals surface area contributed by atoms with E-state index >= 15 is 0 Å². The van der Waals surface area contributed by atoms with Gasteiger partial charge in [0.25, 0.3) is 0 Å². The van der Waals surface area contributed by atoms with E-state index in [1.165, 1.54) is 16.9 Å². The predicted molar refractivity (Wildman–Crippen MR) is 79.6 cm³/mol. The third-order valence-corrected chi connectivity index (χ3v) is 3.46. The van der Waals surface area contributed by atoms with Gasteiger partial charge < -0.3 is 15.1 Å². The molecule has 1 aromatic carbocycles. The van der Waals surface area contributed by atoms with Crippen molar-refractivity contribution in [2.45, 2.75) is 32.9 Å². The molecule has 0 amide bonds. The van der Waals surface area contributed by atoms with Crippen molar-refractivity contribution in [2.75, 3.05) is 37.0 Å². The third kappa shape index (κ3) is 2.96. The summed E-state index contributed by atoms with van der Waals surface area (Å²) in [5, 5.41) is 3.54. The summed E-state index contributed by atoms with van der Waals surface area (Å²) >= 11 is 0. The molecule has 100 valence electrons. The molecule has 3 heteroatoms. The van der Waals surface area contributed by atoms with E-state index in [-0.39, 0.29) is 5.54 Å². The number of rotatable bonds is 2. The lowest BCUT2D eigenvalue weighted by atomic mass is 10.1. The summed E-state index contributed by atoms with van der Waals surface area (Å²) in [6.45, 7) is 9.72. The van der Waals surface area contributed by atoms with E-state index in [2.05, 4.69) is 68.2 Å². The first-order valence-electron chi connectivity index (χ1n) is 6.67. The lowest BCUT2D eigenvalue weighted by molar-refractivity contribution is 0.424. The Morgan fingerprint density at radius 3 is 2.28 bits per heavy atom. The van der Waals surface area contributed by atoms with Gasteiger partial charge in [-0.3, -0.25) is 0 Å². The van der Waals surface area contributed by atoms with Crippen LogP contribution in [-0.2, 0) is 6.54 Å². The molecule has 1 aliphatic heterocycles. The van der Waals surface area contributed by atoms with E-state index < -0.39 is 0 Å². The first-order valence-corrected chi connectivity index (χ1v) is 6.67. The van der Waals surface area contributed by atoms with Crippen molar-refractivity contribution in [3.05, 3.63) is 23.8 Å². The number of fused-ring (bicyclic) bond motifs is 1. The van der Waals surface area contributed by atoms with E-state index in [4.69, 9.17) is 0 Å². The topological polar surface area (TPSA) is 18.5 Å². The molecule has 0 atom stereocenters. The zero-order valence-electron chi connectivity index (χ0n) is 12.2. The Balaban J connectivity index is 2.18. The number of benzene rings is 1. The molecule has 0 saturated heterocycles. The fourth-order valence-corrected chi connectivity index (χ4v) is 2.22. The first kappa shape index (κ1) is 13.2. The molecule has 0 fully saturated rings. The van der Waals surface area contributed by atoms with E-state index in [0.29, 0.717) is 0 Å². The SMILES string of the molecule is CN1CCN(C)c2cc(CNC(C)(C)C)ccc21. The quantitative estimate of drug-likeness (QED) is 0.866. The smallest absolute Gasteiger partial charge is 0.0605 e. The molecule has 0 bridgehead atoms. The second kappa shape index (κ2) is 4.81. The predicted octanol–water partition coefficient (Wildman–Crippen LogP) is 2.46. The van der Waals surface area contributed by atoms with Crippen molar-refractivity contribution >= 4 is 11.4 Å². The summed E-state index contributed by atoms with van der Waals surface area (Å²) in [5.41, 5.74) is 4.20. The Morgan fingerprint density at radius 1 is 1.06 bits per heavy atom. The molecule has 18 heavy (non-hydrogen) atoms. The van der Waals surface area contributed by atoms with Crippen LogP contribution in [0.15, 0.2) is 18.2 Å². The van der Waals surface area contributed by atoms with Gasteiger partial charge in [-0.05, 0) is 38.5 Å². The van der Waals surface area contributed by atoms with Gasteiger partial charge >= 0.3 is 0 Å². The van der Waals surface area contributed by atoms with Gasteiger partial charge in [-0.25, -0.2) is 0 Å². The molecular weight excluding hydrogens is 222 g/mol. The van der Waals surface area contributed by atoms with Crippen molar-refractivity contribution in [1.82, 2.24) is 5.32 Å². The Morgan fingerprint density at radius 2 is 1.67 bits per heavy atom. The van der Waals surface area contributed by atoms with Crippen LogP contribution < -0.4 is 15.1 Å². The van der Waals surface area contributed by atoms with Gasteiger partial charge in [0.2, 0.25) is 0 Å². The maximum atomic E-state index is 3.54. The van der Waals surface area contributed by atoms with Gasteiger partial charge in [0.15, 0.2) is 0 Å². The second-order valence-electron chi connectivity index (χ2n) is 6.27. The van der Waals surface area contributed by atoms with Gasteiger partial charge in [-0.15, -0.1) is 0 Å². The number of nitrogens with zero attached hydrogens (tertiary/aromatic N) is 2. The number of hydrogen-bond donors (Lipinski definition) is 1. The van der Waals surface area contributed by atoms with Gasteiger partial charge in [0, 0.05) is 39.3 Å². The van der Waals surface area contributed by atoms with Crippen LogP contribution >= 0.6 is 0 Å². The highest BCUT2D eigenvalue weighted by molar-refractivity contribution is 5.73. The van der Waals surface area contributed by atoms with Gasteiger partial charge in [-0.1, -0.05) is 6.07 Å². The summed E-state index contributed by atoms with van der Waals surface area (Å²) in [5.74, 6) is 0. The second-order valence-corrected chi connectivity index (χ2v) is 6.27.